The molecule has 1 fully saturated rings. The summed E-state index contributed by atoms with van der Waals surface area (Å²) in [6.07, 6.45) is 0.723. The zero-order valence-electron chi connectivity index (χ0n) is 12.8. The van der Waals surface area contributed by atoms with Crippen molar-refractivity contribution >= 4 is 41.3 Å². The van der Waals surface area contributed by atoms with Gasteiger partial charge in [-0.1, -0.05) is 54.7 Å². The van der Waals surface area contributed by atoms with Crippen LogP contribution < -0.4 is 11.1 Å². The van der Waals surface area contributed by atoms with E-state index in [1.54, 1.807) is 0 Å². The molecule has 8 heteroatoms. The zero-order valence-corrected chi connectivity index (χ0v) is 14.5. The Bertz CT molecular complexity index is 721. The van der Waals surface area contributed by atoms with Crippen LogP contribution in [0.25, 0.3) is 0 Å². The molecule has 0 spiro atoms. The maximum Gasteiger partial charge on any atom is 0.253 e. The Morgan fingerprint density at radius 1 is 1.29 bits per heavy atom. The first-order valence-corrected chi connectivity index (χ1v) is 8.85. The van der Waals surface area contributed by atoms with Gasteiger partial charge in [0, 0.05) is 4.91 Å². The quantitative estimate of drug-likeness (QED) is 0.510. The van der Waals surface area contributed by atoms with Crippen LogP contribution in [-0.2, 0) is 20.8 Å². The lowest BCUT2D eigenvalue weighted by Crippen LogP contribution is -2.67. The third-order valence-electron chi connectivity index (χ3n) is 3.91. The molecule has 6 nitrogen and oxygen atoms in total. The van der Waals surface area contributed by atoms with E-state index in [-0.39, 0.29) is 23.6 Å². The molecule has 2 heterocycles. The second-order valence-corrected chi connectivity index (χ2v) is 7.16. The van der Waals surface area contributed by atoms with Crippen LogP contribution in [0.3, 0.4) is 0 Å². The van der Waals surface area contributed by atoms with Crippen LogP contribution >= 0.6 is 24.4 Å². The minimum absolute atomic E-state index is 0.212. The number of amides is 2. The predicted octanol–water partition coefficient (Wildman–Crippen LogP) is 0.646. The number of thiol groups is 1. The average molecular weight is 363 g/mol. The molecule has 3 rings (SSSR count). The number of nitrogens with one attached hydrogen (secondary N) is 1. The van der Waals surface area contributed by atoms with E-state index >= 15 is 0 Å². The molecule has 24 heavy (non-hydrogen) atoms. The van der Waals surface area contributed by atoms with Gasteiger partial charge in [0.2, 0.25) is 11.0 Å². The second kappa shape index (κ2) is 7.00. The standard InChI is InChI=1S/C16H17N3O3S2/c17-7-6-10-13(16(22)23)19-14(21)12(15(19)24-10)18-11(20)8-9-4-2-1-3-5-9/h1-5,12,15H,6-8,17H2,(H,18,20)(H,22,23)/t12?,15-/m1/s1. The number of hydrogen-bond acceptors (Lipinski definition) is 5. The number of hydrogen-bond donors (Lipinski definition) is 3. The normalized spacial score (nSPS) is 22.2. The summed E-state index contributed by atoms with van der Waals surface area (Å²) < 4.78 is 0. The number of thioether (sulfide) groups is 1. The summed E-state index contributed by atoms with van der Waals surface area (Å²) in [5.74, 6) is -0.496. The molecular weight excluding hydrogens is 346 g/mol. The Kier molecular flexibility index (Phi) is 4.98. The van der Waals surface area contributed by atoms with E-state index < -0.39 is 11.2 Å². The van der Waals surface area contributed by atoms with Gasteiger partial charge in [-0.25, -0.2) is 0 Å². The highest BCUT2D eigenvalue weighted by Crippen LogP contribution is 2.47. The highest BCUT2D eigenvalue weighted by atomic mass is 32.2. The van der Waals surface area contributed by atoms with Crippen LogP contribution in [-0.4, -0.2) is 39.8 Å². The zero-order chi connectivity index (χ0) is 17.3. The molecule has 0 aliphatic carbocycles. The van der Waals surface area contributed by atoms with Gasteiger partial charge in [-0.2, -0.15) is 0 Å². The first kappa shape index (κ1) is 17.1. The molecule has 0 radical (unpaired) electrons. The van der Waals surface area contributed by atoms with Crippen molar-refractivity contribution in [3.63, 3.8) is 0 Å². The lowest BCUT2D eigenvalue weighted by atomic mass is 10.0. The third kappa shape index (κ3) is 3.09. The molecule has 1 aromatic rings. The van der Waals surface area contributed by atoms with Gasteiger partial charge in [0.25, 0.3) is 5.91 Å². The van der Waals surface area contributed by atoms with E-state index in [1.807, 2.05) is 30.3 Å². The van der Waals surface area contributed by atoms with E-state index in [2.05, 4.69) is 17.9 Å². The van der Waals surface area contributed by atoms with Crippen molar-refractivity contribution < 1.29 is 14.4 Å². The minimum atomic E-state index is -0.621. The lowest BCUT2D eigenvalue weighted by molar-refractivity contribution is -0.146. The predicted molar refractivity (Wildman–Crippen MR) is 95.0 cm³/mol. The molecule has 126 valence electrons. The summed E-state index contributed by atoms with van der Waals surface area (Å²) in [5, 5.41) is 2.03. The molecule has 0 bridgehead atoms. The van der Waals surface area contributed by atoms with E-state index in [1.165, 1.54) is 16.7 Å². The Labute approximate surface area is 149 Å². The molecule has 3 N–H and O–H groups in total. The van der Waals surface area contributed by atoms with Gasteiger partial charge < -0.3 is 11.1 Å². The van der Waals surface area contributed by atoms with Crippen molar-refractivity contribution in [3.8, 4) is 0 Å². The molecule has 2 aliphatic rings. The summed E-state index contributed by atoms with van der Waals surface area (Å²) in [6.45, 7) is 0.382. The lowest BCUT2D eigenvalue weighted by Gasteiger charge is -2.42. The first-order chi connectivity index (χ1) is 11.5. The highest BCUT2D eigenvalue weighted by molar-refractivity contribution is 8.04. The monoisotopic (exact) mass is 363 g/mol. The molecule has 1 saturated heterocycles. The van der Waals surface area contributed by atoms with Gasteiger partial charge in [0.1, 0.15) is 17.1 Å². The maximum atomic E-state index is 12.3. The highest BCUT2D eigenvalue weighted by Gasteiger charge is 2.55. The molecule has 2 atom stereocenters. The number of benzene rings is 1. The van der Waals surface area contributed by atoms with Gasteiger partial charge in [-0.3, -0.25) is 19.3 Å². The minimum Gasteiger partial charge on any atom is -0.341 e. The smallest absolute Gasteiger partial charge is 0.253 e. The average Bonchev–Trinajstić information content (AvgIpc) is 2.89. The van der Waals surface area contributed by atoms with Crippen LogP contribution in [0.4, 0.5) is 0 Å². The summed E-state index contributed by atoms with van der Waals surface area (Å²) >= 11 is 5.26. The van der Waals surface area contributed by atoms with E-state index in [0.29, 0.717) is 18.7 Å². The fourth-order valence-corrected chi connectivity index (χ4v) is 4.61. The van der Waals surface area contributed by atoms with E-state index in [9.17, 15) is 14.4 Å². The number of carbonyl (C=O) groups excluding carboxylic acids is 3. The Hall–Kier alpha value is -1.77. The summed E-state index contributed by atoms with van der Waals surface area (Å²) in [5.41, 5.74) is 6.74. The molecule has 2 amide bonds. The van der Waals surface area contributed by atoms with Crippen molar-refractivity contribution in [1.29, 1.82) is 0 Å². The Morgan fingerprint density at radius 2 is 2.00 bits per heavy atom. The molecular formula is C16H17N3O3S2. The van der Waals surface area contributed by atoms with Crippen LogP contribution in [0.5, 0.6) is 0 Å². The molecule has 0 saturated carbocycles. The topological polar surface area (TPSA) is 92.5 Å². The fourth-order valence-electron chi connectivity index (χ4n) is 2.83. The van der Waals surface area contributed by atoms with Crippen LogP contribution in [0.15, 0.2) is 40.9 Å². The number of carbonyl (C=O) groups is 3. The summed E-state index contributed by atoms with van der Waals surface area (Å²) in [4.78, 5) is 38.4. The third-order valence-corrected chi connectivity index (χ3v) is 5.53. The van der Waals surface area contributed by atoms with Crippen LogP contribution in [0.1, 0.15) is 12.0 Å². The number of rotatable bonds is 6. The van der Waals surface area contributed by atoms with Gasteiger partial charge in [-0.05, 0) is 18.5 Å². The van der Waals surface area contributed by atoms with Gasteiger partial charge in [-0.15, -0.1) is 0 Å². The van der Waals surface area contributed by atoms with Crippen LogP contribution in [0, 0.1) is 0 Å². The Balaban J connectivity index is 1.66. The molecule has 1 unspecified atom stereocenters. The van der Waals surface area contributed by atoms with Gasteiger partial charge >= 0.3 is 0 Å². The summed E-state index contributed by atoms with van der Waals surface area (Å²) in [6, 6.07) is 8.70. The van der Waals surface area contributed by atoms with Crippen molar-refractivity contribution in [2.45, 2.75) is 24.3 Å². The second-order valence-electron chi connectivity index (χ2n) is 5.54. The largest absolute Gasteiger partial charge is 0.341 e. The van der Waals surface area contributed by atoms with Crippen molar-refractivity contribution in [3.05, 3.63) is 46.5 Å². The SMILES string of the molecule is NCCC1=C(C(=O)S)N2C(=O)C(NC(=O)Cc3ccccc3)[C@H]2S1. The van der Waals surface area contributed by atoms with Crippen molar-refractivity contribution in [1.82, 2.24) is 10.2 Å². The van der Waals surface area contributed by atoms with E-state index in [4.69, 9.17) is 5.73 Å². The van der Waals surface area contributed by atoms with Crippen molar-refractivity contribution in [2.75, 3.05) is 6.54 Å². The van der Waals surface area contributed by atoms with Gasteiger partial charge in [0.15, 0.2) is 0 Å². The number of β-lactam (4-membered cyclic amide) rings is 1. The molecule has 0 aromatic heterocycles. The number of nitrogens with two attached hydrogens (primary N) is 1. The maximum absolute atomic E-state index is 12.3. The Morgan fingerprint density at radius 3 is 2.62 bits per heavy atom. The fraction of sp³-hybridized carbons (Fsp3) is 0.312. The van der Waals surface area contributed by atoms with Crippen LogP contribution in [0.2, 0.25) is 0 Å². The first-order valence-electron chi connectivity index (χ1n) is 7.52. The number of fused-ring (bicyclic) bond motifs is 1. The molecule has 1 aromatic carbocycles. The van der Waals surface area contributed by atoms with E-state index in [0.717, 1.165) is 10.5 Å². The van der Waals surface area contributed by atoms with Crippen molar-refractivity contribution in [2.24, 2.45) is 5.73 Å². The summed E-state index contributed by atoms with van der Waals surface area (Å²) in [7, 11) is 0. The molecule has 2 aliphatic heterocycles. The number of nitrogens with zero attached hydrogens (tertiary/aromatic N) is 1. The van der Waals surface area contributed by atoms with Gasteiger partial charge in [0.05, 0.1) is 6.42 Å².